The van der Waals surface area contributed by atoms with Gasteiger partial charge >= 0.3 is 0 Å². The van der Waals surface area contributed by atoms with Crippen LogP contribution in [0.3, 0.4) is 0 Å². The second-order valence-corrected chi connectivity index (χ2v) is 8.11. The van der Waals surface area contributed by atoms with Crippen molar-refractivity contribution in [1.29, 1.82) is 0 Å². The maximum Gasteiger partial charge on any atom is 0.250 e. The highest BCUT2D eigenvalue weighted by Gasteiger charge is 2.13. The number of aryl methyl sites for hydroxylation is 2. The summed E-state index contributed by atoms with van der Waals surface area (Å²) in [5.74, 6) is 0.490. The molecule has 0 aliphatic rings. The molecule has 34 heavy (non-hydrogen) atoms. The fourth-order valence-electron chi connectivity index (χ4n) is 3.89. The summed E-state index contributed by atoms with van der Waals surface area (Å²) in [5, 5.41) is 5.36. The van der Waals surface area contributed by atoms with Crippen LogP contribution in [0.2, 0.25) is 0 Å². The summed E-state index contributed by atoms with van der Waals surface area (Å²) in [6, 6.07) is 20.7. The maximum absolute atomic E-state index is 11.7. The third-order valence-corrected chi connectivity index (χ3v) is 5.68. The Morgan fingerprint density at radius 3 is 2.47 bits per heavy atom. The first-order valence-corrected chi connectivity index (χ1v) is 10.8. The van der Waals surface area contributed by atoms with E-state index in [1.807, 2.05) is 67.8 Å². The molecule has 0 saturated heterocycles. The third-order valence-electron chi connectivity index (χ3n) is 5.68. The molecule has 0 aliphatic carbocycles. The van der Waals surface area contributed by atoms with E-state index in [1.165, 1.54) is 10.6 Å². The molecule has 5 aromatic rings. The fourth-order valence-corrected chi connectivity index (χ4v) is 3.89. The van der Waals surface area contributed by atoms with Crippen LogP contribution in [0, 0.1) is 0 Å². The smallest absolute Gasteiger partial charge is 0.250 e. The highest BCUT2D eigenvalue weighted by Crippen LogP contribution is 2.29. The Morgan fingerprint density at radius 2 is 1.71 bits per heavy atom. The Labute approximate surface area is 195 Å². The van der Waals surface area contributed by atoms with Crippen molar-refractivity contribution in [2.45, 2.75) is 6.61 Å². The molecule has 5 rings (SSSR count). The van der Waals surface area contributed by atoms with Gasteiger partial charge in [0.05, 0.1) is 16.8 Å². The summed E-state index contributed by atoms with van der Waals surface area (Å²) in [5.41, 5.74) is 5.45. The molecular weight excluding hydrogens is 428 g/mol. The molecule has 0 radical (unpaired) electrons. The number of aromatic nitrogens is 4. The van der Waals surface area contributed by atoms with Gasteiger partial charge in [-0.15, -0.1) is 5.10 Å². The van der Waals surface area contributed by atoms with Gasteiger partial charge in [0.25, 0.3) is 0 Å². The monoisotopic (exact) mass is 450 g/mol. The molecule has 3 aromatic heterocycles. The van der Waals surface area contributed by atoms with E-state index in [1.54, 1.807) is 24.0 Å². The summed E-state index contributed by atoms with van der Waals surface area (Å²) in [4.78, 5) is 28.1. The normalized spacial score (nSPS) is 11.0. The van der Waals surface area contributed by atoms with Gasteiger partial charge in [-0.2, -0.15) is 0 Å². The summed E-state index contributed by atoms with van der Waals surface area (Å²) < 4.78 is 9.24. The molecule has 0 amide bonds. The Kier molecular flexibility index (Phi) is 5.51. The van der Waals surface area contributed by atoms with Crippen molar-refractivity contribution in [3.63, 3.8) is 0 Å². The van der Waals surface area contributed by atoms with Gasteiger partial charge in [-0.05, 0) is 23.8 Å². The van der Waals surface area contributed by atoms with E-state index in [0.717, 1.165) is 39.4 Å². The van der Waals surface area contributed by atoms with E-state index in [0.29, 0.717) is 23.7 Å². The maximum atomic E-state index is 11.7. The average Bonchev–Trinajstić information content (AvgIpc) is 3.24. The molecule has 0 unspecified atom stereocenters. The molecular formula is C27H22N4O3. The Balaban J connectivity index is 1.38. The van der Waals surface area contributed by atoms with E-state index >= 15 is 0 Å². The number of fused-ring (bicyclic) bond motifs is 1. The van der Waals surface area contributed by atoms with Gasteiger partial charge in [0, 0.05) is 54.6 Å². The van der Waals surface area contributed by atoms with Crippen molar-refractivity contribution >= 4 is 17.2 Å². The van der Waals surface area contributed by atoms with Crippen LogP contribution in [0.1, 0.15) is 15.9 Å². The number of nitrogens with zero attached hydrogens (tertiary/aromatic N) is 4. The molecule has 0 atom stereocenters. The van der Waals surface area contributed by atoms with Crippen molar-refractivity contribution < 1.29 is 9.53 Å². The van der Waals surface area contributed by atoms with Crippen LogP contribution in [0.25, 0.3) is 33.3 Å². The first-order chi connectivity index (χ1) is 16.5. The van der Waals surface area contributed by atoms with Gasteiger partial charge < -0.3 is 9.30 Å². The van der Waals surface area contributed by atoms with Crippen LogP contribution in [0.4, 0.5) is 0 Å². The number of benzene rings is 2. The van der Waals surface area contributed by atoms with Crippen molar-refractivity contribution in [2.24, 2.45) is 14.1 Å². The summed E-state index contributed by atoms with van der Waals surface area (Å²) >= 11 is 0. The van der Waals surface area contributed by atoms with Crippen LogP contribution in [0.15, 0.2) is 83.9 Å². The van der Waals surface area contributed by atoms with E-state index < -0.39 is 0 Å². The average molecular weight is 450 g/mol. The summed E-state index contributed by atoms with van der Waals surface area (Å²) in [7, 11) is 3.54. The first-order valence-electron chi connectivity index (χ1n) is 10.8. The topological polar surface area (TPSA) is 79.0 Å². The molecule has 0 bridgehead atoms. The van der Waals surface area contributed by atoms with E-state index in [4.69, 9.17) is 9.72 Å². The van der Waals surface area contributed by atoms with Gasteiger partial charge in [0.15, 0.2) is 6.29 Å². The summed E-state index contributed by atoms with van der Waals surface area (Å²) in [6.07, 6.45) is 4.47. The number of carbonyl (C=O) groups excluding carboxylic acids is 1. The van der Waals surface area contributed by atoms with E-state index in [2.05, 4.69) is 5.10 Å². The van der Waals surface area contributed by atoms with Gasteiger partial charge in [0.2, 0.25) is 11.4 Å². The molecule has 0 spiro atoms. The lowest BCUT2D eigenvalue weighted by atomic mass is 10.0. The minimum Gasteiger partial charge on any atom is -0.471 e. The van der Waals surface area contributed by atoms with E-state index in [9.17, 15) is 9.59 Å². The fraction of sp³-hybridized carbons (Fsp3) is 0.111. The number of hydrogen-bond donors (Lipinski definition) is 0. The lowest BCUT2D eigenvalue weighted by Gasteiger charge is -2.09. The largest absolute Gasteiger partial charge is 0.471 e. The van der Waals surface area contributed by atoms with Crippen molar-refractivity contribution in [3.8, 4) is 28.3 Å². The minimum absolute atomic E-state index is 0.0751. The first kappa shape index (κ1) is 21.3. The number of pyridine rings is 2. The van der Waals surface area contributed by atoms with Crippen LogP contribution in [0.5, 0.6) is 5.88 Å². The zero-order valence-electron chi connectivity index (χ0n) is 18.8. The summed E-state index contributed by atoms with van der Waals surface area (Å²) in [6.45, 7) is 0.321. The van der Waals surface area contributed by atoms with Crippen LogP contribution < -0.4 is 10.3 Å². The minimum atomic E-state index is -0.0751. The molecule has 0 saturated carbocycles. The second-order valence-electron chi connectivity index (χ2n) is 8.11. The van der Waals surface area contributed by atoms with E-state index in [-0.39, 0.29) is 5.56 Å². The molecule has 3 heterocycles. The van der Waals surface area contributed by atoms with Crippen molar-refractivity contribution in [3.05, 3.63) is 101 Å². The molecule has 0 aliphatic heterocycles. The Bertz CT molecular complexity index is 1570. The Hall–Kier alpha value is -4.52. The molecule has 7 nitrogen and oxygen atoms in total. The molecule has 0 N–H and O–H groups in total. The zero-order chi connectivity index (χ0) is 23.7. The third kappa shape index (κ3) is 4.11. The molecule has 168 valence electrons. The molecule has 0 fully saturated rings. The number of para-hydroxylation sites is 1. The highest BCUT2D eigenvalue weighted by molar-refractivity contribution is 5.93. The number of hydrogen-bond acceptors (Lipinski definition) is 5. The molecule has 2 aromatic carbocycles. The van der Waals surface area contributed by atoms with Gasteiger partial charge in [-0.3, -0.25) is 14.3 Å². The Morgan fingerprint density at radius 1 is 0.941 bits per heavy atom. The second kappa shape index (κ2) is 8.78. The number of rotatable bonds is 6. The number of ether oxygens (including phenoxy) is 1. The van der Waals surface area contributed by atoms with Crippen molar-refractivity contribution in [1.82, 2.24) is 19.3 Å². The SMILES string of the molecule is Cn1cc(-c2ccc(=O)n(C)c2)c(OCc2ccc(-c3nc4ccccc4cc3C=O)cc2)n1. The van der Waals surface area contributed by atoms with Crippen LogP contribution in [-0.4, -0.2) is 25.6 Å². The molecule has 7 heteroatoms. The highest BCUT2D eigenvalue weighted by atomic mass is 16.5. The quantitative estimate of drug-likeness (QED) is 0.359. The zero-order valence-corrected chi connectivity index (χ0v) is 18.8. The van der Waals surface area contributed by atoms with Gasteiger partial charge in [-0.25, -0.2) is 4.98 Å². The predicted octanol–water partition coefficient (Wildman–Crippen LogP) is 4.39. The number of carbonyl (C=O) groups is 1. The number of aldehydes is 1. The van der Waals surface area contributed by atoms with Crippen LogP contribution >= 0.6 is 0 Å². The van der Waals surface area contributed by atoms with Crippen molar-refractivity contribution in [2.75, 3.05) is 0 Å². The lowest BCUT2D eigenvalue weighted by Crippen LogP contribution is -2.13. The predicted molar refractivity (Wildman–Crippen MR) is 131 cm³/mol. The lowest BCUT2D eigenvalue weighted by molar-refractivity contribution is 0.112. The van der Waals surface area contributed by atoms with Crippen LogP contribution in [-0.2, 0) is 20.7 Å². The van der Waals surface area contributed by atoms with Gasteiger partial charge in [0.1, 0.15) is 6.61 Å². The van der Waals surface area contributed by atoms with Gasteiger partial charge in [-0.1, -0.05) is 42.5 Å². The standard InChI is InChI=1S/C27H22N4O3/c1-30-14-21(11-12-25(30)33)23-15-31(2)29-27(23)34-17-18-7-9-19(10-8-18)26-22(16-32)13-20-5-3-4-6-24(20)28-26/h3-16H,17H2,1-2H3.